The van der Waals surface area contributed by atoms with E-state index in [0.717, 1.165) is 4.90 Å². The molecule has 0 unspecified atom stereocenters. The summed E-state index contributed by atoms with van der Waals surface area (Å²) in [5.74, 6) is -1.04. The van der Waals surface area contributed by atoms with E-state index in [1.165, 1.54) is 24.3 Å². The molecule has 186 valence electrons. The fourth-order valence-corrected chi connectivity index (χ4v) is 4.72. The highest BCUT2D eigenvalue weighted by atomic mass is 35.5. The second-order valence-electron chi connectivity index (χ2n) is 7.76. The predicted octanol–water partition coefficient (Wildman–Crippen LogP) is 3.73. The van der Waals surface area contributed by atoms with Gasteiger partial charge in [-0.2, -0.15) is 0 Å². The standard InChI is InChI=1S/C24H22ClN5O5S/c1-4-35-19-8-6-5-7-18(19)30-22(31)20(25)21(23(30)32)28-16-9-11-17(12-10-16)36(33,34)29-24-26-14(2)13-15(3)27-24/h5-13,28H,4H2,1-3H3,(H,26,27,29). The first kappa shape index (κ1) is 25.1. The molecule has 2 aromatic carbocycles. The van der Waals surface area contributed by atoms with Gasteiger partial charge in [-0.15, -0.1) is 0 Å². The maximum absolute atomic E-state index is 13.1. The van der Waals surface area contributed by atoms with Crippen molar-refractivity contribution in [2.24, 2.45) is 0 Å². The predicted molar refractivity (Wildman–Crippen MR) is 135 cm³/mol. The number of para-hydroxylation sites is 2. The lowest BCUT2D eigenvalue weighted by molar-refractivity contribution is -0.120. The van der Waals surface area contributed by atoms with Gasteiger partial charge in [-0.3, -0.25) is 9.59 Å². The summed E-state index contributed by atoms with van der Waals surface area (Å²) in [6.45, 7) is 5.60. The van der Waals surface area contributed by atoms with E-state index < -0.39 is 21.8 Å². The maximum Gasteiger partial charge on any atom is 0.283 e. The molecule has 1 aliphatic heterocycles. The smallest absolute Gasteiger partial charge is 0.283 e. The van der Waals surface area contributed by atoms with Gasteiger partial charge >= 0.3 is 0 Å². The largest absolute Gasteiger partial charge is 0.492 e. The number of nitrogens with one attached hydrogen (secondary N) is 2. The van der Waals surface area contributed by atoms with Crippen LogP contribution < -0.4 is 19.7 Å². The Morgan fingerprint density at radius 1 is 0.972 bits per heavy atom. The molecule has 0 radical (unpaired) electrons. The van der Waals surface area contributed by atoms with Crippen LogP contribution >= 0.6 is 11.6 Å². The molecule has 4 rings (SSSR count). The quantitative estimate of drug-likeness (QED) is 0.424. The number of imide groups is 1. The number of carbonyl (C=O) groups excluding carboxylic acids is 2. The number of carbonyl (C=O) groups is 2. The van der Waals surface area contributed by atoms with Crippen LogP contribution in [0.25, 0.3) is 0 Å². The van der Waals surface area contributed by atoms with E-state index in [1.54, 1.807) is 51.1 Å². The minimum atomic E-state index is -3.96. The fraction of sp³-hybridized carbons (Fsp3) is 0.167. The van der Waals surface area contributed by atoms with Crippen molar-refractivity contribution in [1.29, 1.82) is 0 Å². The lowest BCUT2D eigenvalue weighted by atomic mass is 10.2. The number of amides is 2. The molecule has 36 heavy (non-hydrogen) atoms. The average molecular weight is 528 g/mol. The van der Waals surface area contributed by atoms with E-state index in [-0.39, 0.29) is 27.3 Å². The average Bonchev–Trinajstić information content (AvgIpc) is 3.02. The van der Waals surface area contributed by atoms with Crippen molar-refractivity contribution in [3.8, 4) is 5.75 Å². The van der Waals surface area contributed by atoms with Gasteiger partial charge in [-0.25, -0.2) is 28.0 Å². The van der Waals surface area contributed by atoms with Crippen molar-refractivity contribution in [3.05, 3.63) is 76.7 Å². The monoisotopic (exact) mass is 527 g/mol. The molecule has 0 saturated heterocycles. The van der Waals surface area contributed by atoms with Gasteiger partial charge in [0.2, 0.25) is 5.95 Å². The number of aromatic nitrogens is 2. The summed E-state index contributed by atoms with van der Waals surface area (Å²) in [5.41, 5.74) is 1.74. The molecule has 0 atom stereocenters. The molecule has 2 N–H and O–H groups in total. The van der Waals surface area contributed by atoms with Crippen LogP contribution in [0.2, 0.25) is 0 Å². The van der Waals surface area contributed by atoms with E-state index >= 15 is 0 Å². The lowest BCUT2D eigenvalue weighted by Crippen LogP contribution is -2.32. The van der Waals surface area contributed by atoms with Crippen molar-refractivity contribution >= 4 is 50.8 Å². The van der Waals surface area contributed by atoms with Crippen molar-refractivity contribution in [1.82, 2.24) is 9.97 Å². The van der Waals surface area contributed by atoms with Crippen LogP contribution in [-0.2, 0) is 19.6 Å². The van der Waals surface area contributed by atoms with E-state index in [2.05, 4.69) is 20.0 Å². The van der Waals surface area contributed by atoms with Crippen LogP contribution in [-0.4, -0.2) is 36.8 Å². The normalized spacial score (nSPS) is 13.8. The lowest BCUT2D eigenvalue weighted by Gasteiger charge is -2.18. The Morgan fingerprint density at radius 3 is 2.25 bits per heavy atom. The maximum atomic E-state index is 13.1. The number of sulfonamides is 1. The molecule has 2 heterocycles. The summed E-state index contributed by atoms with van der Waals surface area (Å²) in [6, 6.07) is 13.9. The van der Waals surface area contributed by atoms with Gasteiger partial charge in [0.25, 0.3) is 21.8 Å². The van der Waals surface area contributed by atoms with Gasteiger partial charge in [0.15, 0.2) is 0 Å². The minimum absolute atomic E-state index is 0.0332. The van der Waals surface area contributed by atoms with Crippen LogP contribution in [0.4, 0.5) is 17.3 Å². The first-order valence-electron chi connectivity index (χ1n) is 10.8. The van der Waals surface area contributed by atoms with Crippen LogP contribution in [0.3, 0.4) is 0 Å². The number of hydrogen-bond donors (Lipinski definition) is 2. The molecule has 0 saturated carbocycles. The number of aryl methyl sites for hydroxylation is 2. The number of ether oxygens (including phenoxy) is 1. The van der Waals surface area contributed by atoms with Crippen molar-refractivity contribution in [3.63, 3.8) is 0 Å². The Balaban J connectivity index is 1.54. The molecule has 0 aliphatic carbocycles. The first-order chi connectivity index (χ1) is 17.1. The topological polar surface area (TPSA) is 131 Å². The zero-order chi connectivity index (χ0) is 26.0. The van der Waals surface area contributed by atoms with E-state index in [0.29, 0.717) is 29.4 Å². The Bertz CT molecular complexity index is 1470. The molecule has 0 fully saturated rings. The van der Waals surface area contributed by atoms with Crippen molar-refractivity contribution in [2.45, 2.75) is 25.7 Å². The zero-order valence-corrected chi connectivity index (χ0v) is 21.1. The van der Waals surface area contributed by atoms with Gasteiger partial charge in [0, 0.05) is 17.1 Å². The fourth-order valence-electron chi connectivity index (χ4n) is 3.56. The number of anilines is 3. The van der Waals surface area contributed by atoms with Gasteiger partial charge in [0.1, 0.15) is 16.5 Å². The first-order valence-corrected chi connectivity index (χ1v) is 12.7. The zero-order valence-electron chi connectivity index (χ0n) is 19.6. The Labute approximate surface area is 213 Å². The van der Waals surface area contributed by atoms with Gasteiger partial charge < -0.3 is 10.1 Å². The van der Waals surface area contributed by atoms with Crippen molar-refractivity contribution in [2.75, 3.05) is 21.5 Å². The van der Waals surface area contributed by atoms with Crippen LogP contribution in [0.5, 0.6) is 5.75 Å². The summed E-state index contributed by atoms with van der Waals surface area (Å²) in [4.78, 5) is 35.0. The molecule has 3 aromatic rings. The summed E-state index contributed by atoms with van der Waals surface area (Å²) in [6.07, 6.45) is 0. The molecule has 1 aromatic heterocycles. The molecule has 0 spiro atoms. The third kappa shape index (κ3) is 5.02. The Hall–Kier alpha value is -3.96. The van der Waals surface area contributed by atoms with E-state index in [4.69, 9.17) is 16.3 Å². The van der Waals surface area contributed by atoms with Gasteiger partial charge in [-0.1, -0.05) is 23.7 Å². The number of rotatable bonds is 8. The van der Waals surface area contributed by atoms with Gasteiger partial charge in [0.05, 0.1) is 17.2 Å². The molecule has 2 amide bonds. The second kappa shape index (κ2) is 9.96. The molecular formula is C24H22ClN5O5S. The van der Waals surface area contributed by atoms with Crippen LogP contribution in [0.15, 0.2) is 70.2 Å². The molecule has 12 heteroatoms. The molecule has 10 nitrogen and oxygen atoms in total. The summed E-state index contributed by atoms with van der Waals surface area (Å²) < 4.78 is 33.4. The van der Waals surface area contributed by atoms with Crippen LogP contribution in [0, 0.1) is 13.8 Å². The second-order valence-corrected chi connectivity index (χ2v) is 9.82. The summed E-state index contributed by atoms with van der Waals surface area (Å²) in [5, 5.41) is 2.53. The summed E-state index contributed by atoms with van der Waals surface area (Å²) in [7, 11) is -3.96. The Morgan fingerprint density at radius 2 is 1.61 bits per heavy atom. The Kier molecular flexibility index (Phi) is 6.95. The highest BCUT2D eigenvalue weighted by molar-refractivity contribution is 7.92. The number of halogens is 1. The molecule has 0 bridgehead atoms. The van der Waals surface area contributed by atoms with Crippen LogP contribution in [0.1, 0.15) is 18.3 Å². The molecular weight excluding hydrogens is 506 g/mol. The highest BCUT2D eigenvalue weighted by Crippen LogP contribution is 2.35. The SMILES string of the molecule is CCOc1ccccc1N1C(=O)C(Cl)=C(Nc2ccc(S(=O)(=O)Nc3nc(C)cc(C)n3)cc2)C1=O. The van der Waals surface area contributed by atoms with Crippen molar-refractivity contribution < 1.29 is 22.7 Å². The number of nitrogens with zero attached hydrogens (tertiary/aromatic N) is 3. The third-order valence-electron chi connectivity index (χ3n) is 5.08. The third-order valence-corrected chi connectivity index (χ3v) is 6.77. The van der Waals surface area contributed by atoms with E-state index in [1.807, 2.05) is 0 Å². The minimum Gasteiger partial charge on any atom is -0.492 e. The van der Waals surface area contributed by atoms with E-state index in [9.17, 15) is 18.0 Å². The number of benzene rings is 2. The summed E-state index contributed by atoms with van der Waals surface area (Å²) >= 11 is 6.21. The number of hydrogen-bond acceptors (Lipinski definition) is 8. The highest BCUT2D eigenvalue weighted by Gasteiger charge is 2.40. The van der Waals surface area contributed by atoms with Gasteiger partial charge in [-0.05, 0) is 63.2 Å². The molecule has 1 aliphatic rings.